The smallest absolute Gasteiger partial charge is 0.289 e. The Morgan fingerprint density at radius 1 is 1.10 bits per heavy atom. The van der Waals surface area contributed by atoms with Gasteiger partial charge in [0.15, 0.2) is 15.6 Å². The summed E-state index contributed by atoms with van der Waals surface area (Å²) in [6, 6.07) is 16.2. The number of rotatable bonds is 5. The van der Waals surface area contributed by atoms with Crippen molar-refractivity contribution in [2.45, 2.75) is 18.6 Å². The maximum atomic E-state index is 13.3. The Morgan fingerprint density at radius 3 is 2.55 bits per heavy atom. The number of furan rings is 1. The number of amides is 2. The van der Waals surface area contributed by atoms with Gasteiger partial charge in [0, 0.05) is 36.0 Å². The maximum absolute atomic E-state index is 13.3. The minimum atomic E-state index is -3.38. The van der Waals surface area contributed by atoms with Gasteiger partial charge in [-0.3, -0.25) is 9.59 Å². The molecule has 0 aliphatic carbocycles. The standard InChI is InChI=1S/C23H24N2O5S/c1-31(28,29)15-19-18-11-5-6-12-20(18)30-21(19)23(27)25-13-7-8-16(14-25)22(26)24-17-9-3-2-4-10-17/h2-6,9-12,16H,7-8,13-15H2,1H3,(H,24,26). The van der Waals surface area contributed by atoms with E-state index in [-0.39, 0.29) is 35.8 Å². The molecule has 1 aliphatic heterocycles. The lowest BCUT2D eigenvalue weighted by Gasteiger charge is -2.31. The number of sulfone groups is 1. The van der Waals surface area contributed by atoms with Crippen LogP contribution in [0.3, 0.4) is 0 Å². The van der Waals surface area contributed by atoms with E-state index < -0.39 is 9.84 Å². The first-order valence-electron chi connectivity index (χ1n) is 10.1. The Balaban J connectivity index is 1.57. The van der Waals surface area contributed by atoms with E-state index in [2.05, 4.69) is 5.32 Å². The Morgan fingerprint density at radius 2 is 1.81 bits per heavy atom. The van der Waals surface area contributed by atoms with Gasteiger partial charge in [-0.15, -0.1) is 0 Å². The fourth-order valence-corrected chi connectivity index (χ4v) is 4.77. The van der Waals surface area contributed by atoms with Crippen LogP contribution in [0.1, 0.15) is 29.0 Å². The number of likely N-dealkylation sites (tertiary alicyclic amines) is 1. The molecule has 162 valence electrons. The second-order valence-electron chi connectivity index (χ2n) is 7.92. The van der Waals surface area contributed by atoms with E-state index in [1.807, 2.05) is 30.3 Å². The van der Waals surface area contributed by atoms with Crippen molar-refractivity contribution in [3.63, 3.8) is 0 Å². The summed E-state index contributed by atoms with van der Waals surface area (Å²) in [7, 11) is -3.38. The number of fused-ring (bicyclic) bond motifs is 1. The van der Waals surface area contributed by atoms with Gasteiger partial charge in [-0.1, -0.05) is 36.4 Å². The van der Waals surface area contributed by atoms with E-state index in [1.54, 1.807) is 29.2 Å². The van der Waals surface area contributed by atoms with Crippen LogP contribution in [-0.4, -0.2) is 44.5 Å². The molecule has 0 spiro atoms. The number of nitrogens with zero attached hydrogens (tertiary/aromatic N) is 1. The van der Waals surface area contributed by atoms with Crippen LogP contribution in [0, 0.1) is 5.92 Å². The number of para-hydroxylation sites is 2. The van der Waals surface area contributed by atoms with E-state index in [4.69, 9.17) is 4.42 Å². The number of carbonyl (C=O) groups is 2. The molecule has 1 fully saturated rings. The highest BCUT2D eigenvalue weighted by Crippen LogP contribution is 2.30. The third-order valence-corrected chi connectivity index (χ3v) is 6.23. The maximum Gasteiger partial charge on any atom is 0.289 e. The second-order valence-corrected chi connectivity index (χ2v) is 10.1. The summed E-state index contributed by atoms with van der Waals surface area (Å²) in [5, 5.41) is 3.51. The molecule has 3 aromatic rings. The van der Waals surface area contributed by atoms with Crippen molar-refractivity contribution < 1.29 is 22.4 Å². The lowest BCUT2D eigenvalue weighted by molar-refractivity contribution is -0.121. The summed E-state index contributed by atoms with van der Waals surface area (Å²) in [5.41, 5.74) is 1.56. The summed E-state index contributed by atoms with van der Waals surface area (Å²) >= 11 is 0. The molecule has 2 aromatic carbocycles. The SMILES string of the molecule is CS(=O)(=O)Cc1c(C(=O)N2CCCC(C(=O)Nc3ccccc3)C2)oc2ccccc12. The number of anilines is 1. The van der Waals surface area contributed by atoms with E-state index in [9.17, 15) is 18.0 Å². The van der Waals surface area contributed by atoms with Crippen LogP contribution in [0.15, 0.2) is 59.0 Å². The zero-order valence-corrected chi connectivity index (χ0v) is 18.0. The van der Waals surface area contributed by atoms with Crippen molar-refractivity contribution in [1.82, 2.24) is 4.90 Å². The Kier molecular flexibility index (Phi) is 5.82. The summed E-state index contributed by atoms with van der Waals surface area (Å²) in [6.07, 6.45) is 2.49. The lowest BCUT2D eigenvalue weighted by atomic mass is 9.96. The molecule has 1 aromatic heterocycles. The molecule has 1 unspecified atom stereocenters. The van der Waals surface area contributed by atoms with E-state index in [0.29, 0.717) is 41.6 Å². The largest absolute Gasteiger partial charge is 0.451 e. The fourth-order valence-electron chi connectivity index (χ4n) is 3.96. The van der Waals surface area contributed by atoms with Crippen LogP contribution in [0.25, 0.3) is 11.0 Å². The van der Waals surface area contributed by atoms with Crippen molar-refractivity contribution in [2.24, 2.45) is 5.92 Å². The zero-order valence-electron chi connectivity index (χ0n) is 17.2. The lowest BCUT2D eigenvalue weighted by Crippen LogP contribution is -2.44. The van der Waals surface area contributed by atoms with Crippen LogP contribution in [-0.2, 0) is 20.4 Å². The van der Waals surface area contributed by atoms with Gasteiger partial charge in [0.2, 0.25) is 5.91 Å². The highest BCUT2D eigenvalue weighted by atomic mass is 32.2. The van der Waals surface area contributed by atoms with Crippen molar-refractivity contribution in [1.29, 1.82) is 0 Å². The van der Waals surface area contributed by atoms with Crippen LogP contribution < -0.4 is 5.32 Å². The van der Waals surface area contributed by atoms with Gasteiger partial charge < -0.3 is 14.6 Å². The Labute approximate surface area is 181 Å². The number of piperidine rings is 1. The third kappa shape index (κ3) is 4.80. The molecular weight excluding hydrogens is 416 g/mol. The van der Waals surface area contributed by atoms with Gasteiger partial charge in [0.25, 0.3) is 5.91 Å². The van der Waals surface area contributed by atoms with Gasteiger partial charge in [-0.05, 0) is 31.0 Å². The summed E-state index contributed by atoms with van der Waals surface area (Å²) in [6.45, 7) is 0.746. The summed E-state index contributed by atoms with van der Waals surface area (Å²) in [5.74, 6) is -1.11. The van der Waals surface area contributed by atoms with E-state index in [0.717, 1.165) is 6.26 Å². The molecule has 1 N–H and O–H groups in total. The Bertz CT molecular complexity index is 1220. The molecule has 1 atom stereocenters. The number of hydrogen-bond donors (Lipinski definition) is 1. The topological polar surface area (TPSA) is 96.7 Å². The fraction of sp³-hybridized carbons (Fsp3) is 0.304. The van der Waals surface area contributed by atoms with Crippen molar-refractivity contribution in [3.05, 3.63) is 65.9 Å². The first kappa shape index (κ1) is 21.1. The Hall–Kier alpha value is -3.13. The first-order valence-corrected chi connectivity index (χ1v) is 12.2. The summed E-state index contributed by atoms with van der Waals surface area (Å²) in [4.78, 5) is 27.6. The minimum Gasteiger partial charge on any atom is -0.451 e. The average molecular weight is 441 g/mol. The molecule has 0 saturated carbocycles. The molecule has 0 radical (unpaired) electrons. The molecule has 2 heterocycles. The normalized spacial score (nSPS) is 16.9. The molecule has 1 saturated heterocycles. The van der Waals surface area contributed by atoms with Gasteiger partial charge in [-0.2, -0.15) is 0 Å². The monoisotopic (exact) mass is 440 g/mol. The van der Waals surface area contributed by atoms with Crippen LogP contribution >= 0.6 is 0 Å². The molecule has 8 heteroatoms. The molecule has 2 amide bonds. The predicted molar refractivity (Wildman–Crippen MR) is 118 cm³/mol. The number of nitrogens with one attached hydrogen (secondary N) is 1. The number of carbonyl (C=O) groups excluding carboxylic acids is 2. The molecular formula is C23H24N2O5S. The first-order chi connectivity index (χ1) is 14.8. The number of benzene rings is 2. The van der Waals surface area contributed by atoms with Gasteiger partial charge in [0.1, 0.15) is 5.58 Å². The number of hydrogen-bond acceptors (Lipinski definition) is 5. The van der Waals surface area contributed by atoms with Crippen molar-refractivity contribution in [3.8, 4) is 0 Å². The molecule has 1 aliphatic rings. The average Bonchev–Trinajstić information content (AvgIpc) is 3.11. The summed E-state index contributed by atoms with van der Waals surface area (Å²) < 4.78 is 29.8. The molecule has 31 heavy (non-hydrogen) atoms. The quantitative estimate of drug-likeness (QED) is 0.655. The van der Waals surface area contributed by atoms with E-state index in [1.165, 1.54) is 0 Å². The molecule has 0 bridgehead atoms. The predicted octanol–water partition coefficient (Wildman–Crippen LogP) is 3.47. The highest BCUT2D eigenvalue weighted by molar-refractivity contribution is 7.89. The van der Waals surface area contributed by atoms with Gasteiger partial charge in [-0.25, -0.2) is 8.42 Å². The highest BCUT2D eigenvalue weighted by Gasteiger charge is 2.32. The van der Waals surface area contributed by atoms with Crippen LogP contribution in [0.2, 0.25) is 0 Å². The van der Waals surface area contributed by atoms with Crippen molar-refractivity contribution >= 4 is 38.3 Å². The molecule has 4 rings (SSSR count). The zero-order chi connectivity index (χ0) is 22.0. The minimum absolute atomic E-state index is 0.0377. The van der Waals surface area contributed by atoms with Gasteiger partial charge in [0.05, 0.1) is 11.7 Å². The van der Waals surface area contributed by atoms with Gasteiger partial charge >= 0.3 is 0 Å². The third-order valence-electron chi connectivity index (χ3n) is 5.42. The van der Waals surface area contributed by atoms with Crippen molar-refractivity contribution in [2.75, 3.05) is 24.7 Å². The van der Waals surface area contributed by atoms with Crippen LogP contribution in [0.5, 0.6) is 0 Å². The van der Waals surface area contributed by atoms with Crippen LogP contribution in [0.4, 0.5) is 5.69 Å². The van der Waals surface area contributed by atoms with E-state index >= 15 is 0 Å². The second kappa shape index (κ2) is 8.55. The molecule has 7 nitrogen and oxygen atoms in total.